The standard InChI is InChI=1S/C14H14BrN3S/c15-12-5-3-11(4-6-12)13-9-19-14(17-13)16-10-18-7-1-2-8-18/h3-6,9-10H,1-2,7-8H2/b16-10+. The quantitative estimate of drug-likeness (QED) is 0.617. The predicted molar refractivity (Wildman–Crippen MR) is 84.2 cm³/mol. The fraction of sp³-hybridized carbons (Fsp3) is 0.286. The topological polar surface area (TPSA) is 28.5 Å². The lowest BCUT2D eigenvalue weighted by Crippen LogP contribution is -2.15. The summed E-state index contributed by atoms with van der Waals surface area (Å²) in [5.74, 6) is 0. The largest absolute Gasteiger partial charge is 0.363 e. The Kier molecular flexibility index (Phi) is 3.94. The molecular formula is C14H14BrN3S. The van der Waals surface area contributed by atoms with Crippen LogP contribution < -0.4 is 0 Å². The average molecular weight is 336 g/mol. The minimum Gasteiger partial charge on any atom is -0.363 e. The third-order valence-corrected chi connectivity index (χ3v) is 4.38. The number of benzene rings is 1. The SMILES string of the molecule is Brc1ccc(-c2csc(/N=C/N3CCCC3)n2)cc1. The van der Waals surface area contributed by atoms with E-state index in [1.165, 1.54) is 12.8 Å². The molecule has 5 heteroatoms. The summed E-state index contributed by atoms with van der Waals surface area (Å²) in [6, 6.07) is 8.18. The Morgan fingerprint density at radius 3 is 2.68 bits per heavy atom. The van der Waals surface area contributed by atoms with E-state index in [0.29, 0.717) is 0 Å². The van der Waals surface area contributed by atoms with Crippen LogP contribution in [0, 0.1) is 0 Å². The number of aromatic nitrogens is 1. The van der Waals surface area contributed by atoms with Crippen molar-refractivity contribution in [3.63, 3.8) is 0 Å². The molecule has 0 radical (unpaired) electrons. The zero-order chi connectivity index (χ0) is 13.1. The predicted octanol–water partition coefficient (Wildman–Crippen LogP) is 4.33. The lowest BCUT2D eigenvalue weighted by atomic mass is 10.2. The second-order valence-corrected chi connectivity index (χ2v) is 6.26. The van der Waals surface area contributed by atoms with Gasteiger partial charge in [0, 0.05) is 28.5 Å². The van der Waals surface area contributed by atoms with Gasteiger partial charge in [0.1, 0.15) is 0 Å². The van der Waals surface area contributed by atoms with Crippen LogP contribution in [-0.2, 0) is 0 Å². The van der Waals surface area contributed by atoms with Crippen molar-refractivity contribution in [1.29, 1.82) is 0 Å². The van der Waals surface area contributed by atoms with E-state index in [0.717, 1.165) is 34.0 Å². The molecule has 0 aliphatic carbocycles. The van der Waals surface area contributed by atoms with E-state index in [2.05, 4.69) is 48.3 Å². The third-order valence-electron chi connectivity index (χ3n) is 3.10. The Balaban J connectivity index is 1.73. The van der Waals surface area contributed by atoms with Crippen LogP contribution in [0.15, 0.2) is 39.1 Å². The number of hydrogen-bond donors (Lipinski definition) is 0. The lowest BCUT2D eigenvalue weighted by molar-refractivity contribution is 0.536. The first-order chi connectivity index (χ1) is 9.31. The summed E-state index contributed by atoms with van der Waals surface area (Å²) in [5.41, 5.74) is 2.12. The smallest absolute Gasteiger partial charge is 0.211 e. The van der Waals surface area contributed by atoms with Gasteiger partial charge in [-0.25, -0.2) is 9.98 Å². The van der Waals surface area contributed by atoms with Gasteiger partial charge in [-0.3, -0.25) is 0 Å². The van der Waals surface area contributed by atoms with E-state index in [4.69, 9.17) is 0 Å². The highest BCUT2D eigenvalue weighted by Crippen LogP contribution is 2.27. The van der Waals surface area contributed by atoms with Gasteiger partial charge in [0.2, 0.25) is 5.13 Å². The summed E-state index contributed by atoms with van der Waals surface area (Å²) in [7, 11) is 0. The van der Waals surface area contributed by atoms with Gasteiger partial charge in [-0.1, -0.05) is 28.1 Å². The van der Waals surface area contributed by atoms with E-state index in [-0.39, 0.29) is 0 Å². The fourth-order valence-corrected chi connectivity index (χ4v) is 2.99. The second-order valence-electron chi connectivity index (χ2n) is 4.51. The minimum absolute atomic E-state index is 0.824. The highest BCUT2D eigenvalue weighted by molar-refractivity contribution is 9.10. The van der Waals surface area contributed by atoms with Crippen LogP contribution in [0.25, 0.3) is 11.3 Å². The molecule has 0 amide bonds. The number of halogens is 1. The Labute approximate surface area is 125 Å². The first-order valence-electron chi connectivity index (χ1n) is 6.31. The van der Waals surface area contributed by atoms with Crippen LogP contribution in [-0.4, -0.2) is 29.3 Å². The van der Waals surface area contributed by atoms with Crippen molar-refractivity contribution in [2.45, 2.75) is 12.8 Å². The van der Waals surface area contributed by atoms with E-state index < -0.39 is 0 Å². The second kappa shape index (κ2) is 5.84. The van der Waals surface area contributed by atoms with Crippen molar-refractivity contribution < 1.29 is 0 Å². The monoisotopic (exact) mass is 335 g/mol. The molecule has 1 saturated heterocycles. The molecule has 19 heavy (non-hydrogen) atoms. The van der Waals surface area contributed by atoms with E-state index in [1.54, 1.807) is 11.3 Å². The Bertz CT molecular complexity index is 571. The van der Waals surface area contributed by atoms with Crippen molar-refractivity contribution in [3.8, 4) is 11.3 Å². The molecule has 3 nitrogen and oxygen atoms in total. The number of nitrogens with zero attached hydrogens (tertiary/aromatic N) is 3. The van der Waals surface area contributed by atoms with E-state index >= 15 is 0 Å². The highest BCUT2D eigenvalue weighted by atomic mass is 79.9. The molecule has 1 aromatic carbocycles. The average Bonchev–Trinajstić information content (AvgIpc) is 3.09. The van der Waals surface area contributed by atoms with Gasteiger partial charge < -0.3 is 4.90 Å². The number of aliphatic imine (C=N–C) groups is 1. The maximum atomic E-state index is 4.55. The van der Waals surface area contributed by atoms with Crippen molar-refractivity contribution in [2.75, 3.05) is 13.1 Å². The molecule has 1 aliphatic rings. The number of thiazole rings is 1. The van der Waals surface area contributed by atoms with Crippen LogP contribution in [0.2, 0.25) is 0 Å². The zero-order valence-electron chi connectivity index (χ0n) is 10.4. The summed E-state index contributed by atoms with van der Waals surface area (Å²) in [5, 5.41) is 2.88. The maximum Gasteiger partial charge on any atom is 0.211 e. The number of hydrogen-bond acceptors (Lipinski definition) is 3. The maximum absolute atomic E-state index is 4.55. The van der Waals surface area contributed by atoms with Gasteiger partial charge >= 0.3 is 0 Å². The van der Waals surface area contributed by atoms with Crippen LogP contribution >= 0.6 is 27.3 Å². The summed E-state index contributed by atoms with van der Waals surface area (Å²) < 4.78 is 1.08. The van der Waals surface area contributed by atoms with E-state index in [9.17, 15) is 0 Å². The molecule has 0 spiro atoms. The summed E-state index contributed by atoms with van der Waals surface area (Å²) in [6.45, 7) is 2.24. The molecule has 98 valence electrons. The summed E-state index contributed by atoms with van der Waals surface area (Å²) in [6.07, 6.45) is 4.47. The van der Waals surface area contributed by atoms with Gasteiger partial charge in [-0.05, 0) is 25.0 Å². The normalized spacial score (nSPS) is 15.5. The highest BCUT2D eigenvalue weighted by Gasteiger charge is 2.08. The molecule has 1 aliphatic heterocycles. The van der Waals surface area contributed by atoms with Gasteiger partial charge in [0.15, 0.2) is 0 Å². The lowest BCUT2D eigenvalue weighted by Gasteiger charge is -2.07. The van der Waals surface area contributed by atoms with Crippen molar-refractivity contribution >= 4 is 38.7 Å². The van der Waals surface area contributed by atoms with Gasteiger partial charge in [-0.15, -0.1) is 11.3 Å². The Morgan fingerprint density at radius 2 is 1.95 bits per heavy atom. The molecule has 0 unspecified atom stereocenters. The van der Waals surface area contributed by atoms with Crippen LogP contribution in [0.1, 0.15) is 12.8 Å². The molecular weight excluding hydrogens is 322 g/mol. The molecule has 0 bridgehead atoms. The van der Waals surface area contributed by atoms with Crippen molar-refractivity contribution in [1.82, 2.24) is 9.88 Å². The number of likely N-dealkylation sites (tertiary alicyclic amines) is 1. The minimum atomic E-state index is 0.824. The van der Waals surface area contributed by atoms with Crippen LogP contribution in [0.5, 0.6) is 0 Å². The fourth-order valence-electron chi connectivity index (χ4n) is 2.06. The first-order valence-corrected chi connectivity index (χ1v) is 7.98. The zero-order valence-corrected chi connectivity index (χ0v) is 12.8. The molecule has 0 N–H and O–H groups in total. The van der Waals surface area contributed by atoms with Gasteiger partial charge in [-0.2, -0.15) is 0 Å². The van der Waals surface area contributed by atoms with E-state index in [1.807, 2.05) is 18.5 Å². The van der Waals surface area contributed by atoms with Gasteiger partial charge in [0.25, 0.3) is 0 Å². The van der Waals surface area contributed by atoms with Gasteiger partial charge in [0.05, 0.1) is 12.0 Å². The summed E-state index contributed by atoms with van der Waals surface area (Å²) >= 11 is 5.02. The molecule has 2 aromatic rings. The molecule has 0 atom stereocenters. The Morgan fingerprint density at radius 1 is 1.21 bits per heavy atom. The molecule has 0 saturated carbocycles. The Hall–Kier alpha value is -1.20. The number of rotatable bonds is 3. The first kappa shape index (κ1) is 12.8. The van der Waals surface area contributed by atoms with Crippen molar-refractivity contribution in [3.05, 3.63) is 34.1 Å². The third kappa shape index (κ3) is 3.22. The summed E-state index contributed by atoms with van der Waals surface area (Å²) in [4.78, 5) is 11.3. The van der Waals surface area contributed by atoms with Crippen LogP contribution in [0.3, 0.4) is 0 Å². The molecule has 3 rings (SSSR count). The van der Waals surface area contributed by atoms with Crippen LogP contribution in [0.4, 0.5) is 5.13 Å². The van der Waals surface area contributed by atoms with Crippen molar-refractivity contribution in [2.24, 2.45) is 4.99 Å². The molecule has 1 fully saturated rings. The molecule has 1 aromatic heterocycles. The molecule has 2 heterocycles.